The first-order valence-corrected chi connectivity index (χ1v) is 36.5. The molecular weight excluding hydrogens is 673 g/mol. The summed E-state index contributed by atoms with van der Waals surface area (Å²) in [6.07, 6.45) is 11.3. The fraction of sp³-hybridized carbons (Fsp3) is 0.881. The molecule has 0 amide bonds. The first kappa shape index (κ1) is 46.7. The van der Waals surface area contributed by atoms with Crippen LogP contribution in [0.25, 0.3) is 0 Å². The van der Waals surface area contributed by atoms with Crippen LogP contribution in [0, 0.1) is 0 Å². The quantitative estimate of drug-likeness (QED) is 0.245. The van der Waals surface area contributed by atoms with Crippen molar-refractivity contribution in [3.05, 3.63) is 24.3 Å². The Kier molecular flexibility index (Phi) is 12.5. The number of rotatable bonds is 5. The van der Waals surface area contributed by atoms with Crippen molar-refractivity contribution < 1.29 is 0 Å². The van der Waals surface area contributed by atoms with Crippen molar-refractivity contribution in [3.63, 3.8) is 0 Å². The van der Waals surface area contributed by atoms with Crippen LogP contribution >= 0.6 is 0 Å². The lowest BCUT2D eigenvalue weighted by Gasteiger charge is -2.80. The molecule has 1 rings (SSSR count). The minimum absolute atomic E-state index is 0.268. The van der Waals surface area contributed by atoms with Crippen molar-refractivity contribution in [1.82, 2.24) is 0 Å². The lowest BCUT2D eigenvalue weighted by Crippen LogP contribution is -2.97. The molecule has 1 aliphatic rings. The highest BCUT2D eigenvalue weighted by atomic mass is 29.9. The van der Waals surface area contributed by atoms with E-state index in [1.807, 2.05) is 0 Å². The van der Waals surface area contributed by atoms with Crippen LogP contribution in [0.3, 0.4) is 0 Å². The lowest BCUT2D eigenvalue weighted by molar-refractivity contribution is 0.611. The third kappa shape index (κ3) is 6.68. The van der Waals surface area contributed by atoms with Gasteiger partial charge in [0.05, 0.1) is 37.0 Å². The summed E-state index contributed by atoms with van der Waals surface area (Å²) in [5.41, 5.74) is 0.573. The maximum atomic E-state index is 3.01. The zero-order valence-electron chi connectivity index (χ0n) is 38.4. The minimum Gasteiger partial charge on any atom is -0.0810 e. The Morgan fingerprint density at radius 1 is 0.375 bits per heavy atom. The van der Waals surface area contributed by atoms with Crippen molar-refractivity contribution in [1.29, 1.82) is 0 Å². The van der Waals surface area contributed by atoms with Crippen LogP contribution in [-0.2, 0) is 0 Å². The fourth-order valence-electron chi connectivity index (χ4n) is 12.1. The van der Waals surface area contributed by atoms with Crippen molar-refractivity contribution in [2.75, 3.05) is 0 Å². The van der Waals surface area contributed by atoms with Crippen molar-refractivity contribution in [2.24, 2.45) is 0 Å². The molecule has 281 valence electrons. The SMILES string of the molecule is CC(C)(C)[Si](C)([Si]=C1C=CC([Si]([Si](C)(C(C)(C)C)C(C)(C)C)([Si](C)(C(C)(C)C)C(C)(C)C)[Si](C)(C(C)(C)C)C(C)(C)C)C=C1)C(C)(C)C. The molecule has 0 aromatic carbocycles. The summed E-state index contributed by atoms with van der Waals surface area (Å²) in [5, 5.41) is 3.95. The number of hydrogen-bond donors (Lipinski definition) is 0. The highest BCUT2D eigenvalue weighted by Gasteiger charge is 2.83. The van der Waals surface area contributed by atoms with E-state index in [0.717, 1.165) is 8.65 Å². The Hall–Kier alpha value is 0.651. The Morgan fingerprint density at radius 3 is 0.750 bits per heavy atom. The summed E-state index contributed by atoms with van der Waals surface area (Å²) in [6.45, 7) is 73.4. The van der Waals surface area contributed by atoms with Gasteiger partial charge in [-0.25, -0.2) is 0 Å². The summed E-state index contributed by atoms with van der Waals surface area (Å²) in [7, 11) is -7.33. The molecule has 1 aliphatic carbocycles. The van der Waals surface area contributed by atoms with Gasteiger partial charge in [-0.2, -0.15) is 0 Å². The molecule has 0 aliphatic heterocycles. The van der Waals surface area contributed by atoms with E-state index in [-0.39, 0.29) is 30.2 Å². The maximum absolute atomic E-state index is 3.01. The highest BCUT2D eigenvalue weighted by Crippen LogP contribution is 2.74. The second-order valence-electron chi connectivity index (χ2n) is 25.1. The molecule has 0 nitrogen and oxygen atoms in total. The average molecular weight is 763 g/mol. The monoisotopic (exact) mass is 762 g/mol. The van der Waals surface area contributed by atoms with Crippen LogP contribution in [0.2, 0.25) is 72.0 Å². The van der Waals surface area contributed by atoms with Gasteiger partial charge >= 0.3 is 0 Å². The van der Waals surface area contributed by atoms with Gasteiger partial charge in [0.2, 0.25) is 0 Å². The lowest BCUT2D eigenvalue weighted by atomic mass is 10.2. The Bertz CT molecular complexity index is 1070. The summed E-state index contributed by atoms with van der Waals surface area (Å²) < 4.78 is 0. The van der Waals surface area contributed by atoms with Gasteiger partial charge in [-0.15, -0.1) is 0 Å². The molecule has 0 saturated carbocycles. The molecule has 0 saturated heterocycles. The smallest absolute Gasteiger partial charge is 0.0726 e. The van der Waals surface area contributed by atoms with E-state index < -0.39 is 37.0 Å². The van der Waals surface area contributed by atoms with Gasteiger partial charge in [0.25, 0.3) is 0 Å². The Labute approximate surface area is 311 Å². The third-order valence-corrected chi connectivity index (χ3v) is 112. The zero-order valence-corrected chi connectivity index (χ0v) is 44.4. The van der Waals surface area contributed by atoms with Crippen LogP contribution in [0.4, 0.5) is 0 Å². The molecule has 0 N–H and O–H groups in total. The van der Waals surface area contributed by atoms with E-state index in [1.54, 1.807) is 5.17 Å². The number of allylic oxidation sites excluding steroid dienone is 4. The van der Waals surface area contributed by atoms with E-state index >= 15 is 0 Å². The van der Waals surface area contributed by atoms with Gasteiger partial charge in [0, 0.05) is 8.65 Å². The molecule has 0 aromatic rings. The molecular formula is C42H89Si6. The van der Waals surface area contributed by atoms with Crippen molar-refractivity contribution in [3.8, 4) is 0 Å². The predicted octanol–water partition coefficient (Wildman–Crippen LogP) is 15.3. The summed E-state index contributed by atoms with van der Waals surface area (Å²) in [4.78, 5) is 0. The van der Waals surface area contributed by atoms with Gasteiger partial charge in [-0.1, -0.05) is 222 Å². The molecule has 0 spiro atoms. The van der Waals surface area contributed by atoms with Crippen molar-refractivity contribution in [2.45, 2.75) is 238 Å². The molecule has 0 bridgehead atoms. The van der Waals surface area contributed by atoms with Gasteiger partial charge in [0.1, 0.15) is 0 Å². The van der Waals surface area contributed by atoms with Crippen LogP contribution in [0.5, 0.6) is 0 Å². The van der Waals surface area contributed by atoms with Gasteiger partial charge in [-0.3, -0.25) is 0 Å². The van der Waals surface area contributed by atoms with Crippen LogP contribution in [-0.4, -0.2) is 50.8 Å². The molecule has 0 atom stereocenters. The van der Waals surface area contributed by atoms with Crippen molar-refractivity contribution >= 4 is 50.8 Å². The topological polar surface area (TPSA) is 0 Å². The standard InChI is InChI=1S/C42H89Si6/c1-35(2,3)44(25,36(4,5)6)43-33-29-31-34(32-30-33)48(45(26,37(7,8)9)38(10,11)12,46(27,39(13,14)15)40(16,17)18)47(28,41(19,20)21)42(22,23)24/h29-32,34H,1-28H3. The molecule has 0 aromatic heterocycles. The predicted molar refractivity (Wildman–Crippen MR) is 243 cm³/mol. The second-order valence-corrected chi connectivity index (χ2v) is 73.6. The van der Waals surface area contributed by atoms with Crippen LogP contribution in [0.15, 0.2) is 24.3 Å². The summed E-state index contributed by atoms with van der Waals surface area (Å²) >= 11 is 0. The van der Waals surface area contributed by atoms with Crippen LogP contribution in [0.1, 0.15) is 166 Å². The first-order chi connectivity index (χ1) is 20.4. The average Bonchev–Trinajstić information content (AvgIpc) is 2.79. The van der Waals surface area contributed by atoms with E-state index in [4.69, 9.17) is 0 Å². The minimum atomic E-state index is -2.39. The Balaban J connectivity index is 5.00. The highest BCUT2D eigenvalue weighted by molar-refractivity contribution is 7.92. The second kappa shape index (κ2) is 12.9. The summed E-state index contributed by atoms with van der Waals surface area (Å²) in [5.74, 6) is 0. The summed E-state index contributed by atoms with van der Waals surface area (Å²) in [6, 6.07) is 0. The molecule has 0 unspecified atom stereocenters. The van der Waals surface area contributed by atoms with E-state index in [2.05, 4.69) is 217 Å². The molecule has 6 heteroatoms. The van der Waals surface area contributed by atoms with Crippen LogP contribution < -0.4 is 0 Å². The molecule has 0 fully saturated rings. The molecule has 1 radical (unpaired) electrons. The normalized spacial score (nSPS) is 19.2. The third-order valence-electron chi connectivity index (χ3n) is 16.2. The van der Waals surface area contributed by atoms with Gasteiger partial charge in [-0.05, 0) is 45.8 Å². The first-order valence-electron chi connectivity index (χ1n) is 19.4. The fourth-order valence-corrected chi connectivity index (χ4v) is 146. The van der Waals surface area contributed by atoms with E-state index in [1.165, 1.54) is 0 Å². The van der Waals surface area contributed by atoms with E-state index in [9.17, 15) is 0 Å². The largest absolute Gasteiger partial charge is 0.0810 e. The zero-order chi connectivity index (χ0) is 39.2. The number of hydrogen-bond acceptors (Lipinski definition) is 0. The maximum Gasteiger partial charge on any atom is 0.0726 e. The molecule has 48 heavy (non-hydrogen) atoms. The Morgan fingerprint density at radius 2 is 0.583 bits per heavy atom. The van der Waals surface area contributed by atoms with E-state index in [0.29, 0.717) is 15.6 Å². The molecule has 0 heterocycles. The van der Waals surface area contributed by atoms with Gasteiger partial charge in [0.15, 0.2) is 0 Å². The van der Waals surface area contributed by atoms with Gasteiger partial charge < -0.3 is 0 Å².